The zero-order valence-corrected chi connectivity index (χ0v) is 19.2. The molecule has 0 bridgehead atoms. The van der Waals surface area contributed by atoms with Crippen molar-refractivity contribution in [1.29, 1.82) is 0 Å². The Kier molecular flexibility index (Phi) is 6.22. The maximum atomic E-state index is 13.0. The molecule has 1 amide bonds. The SMILES string of the molecule is Cc1ccc(S(=O)(=O)N2CCN(C(=O)Cc3csc(-c4ccccc4)n3)CC2)cc1C. The summed E-state index contributed by atoms with van der Waals surface area (Å²) in [4.78, 5) is 19.4. The molecule has 6 nitrogen and oxygen atoms in total. The highest BCUT2D eigenvalue weighted by molar-refractivity contribution is 7.89. The molecule has 2 aromatic carbocycles. The monoisotopic (exact) mass is 455 g/mol. The van der Waals surface area contributed by atoms with Crippen LogP contribution in [0.1, 0.15) is 16.8 Å². The zero-order chi connectivity index (χ0) is 22.0. The van der Waals surface area contributed by atoms with E-state index in [9.17, 15) is 13.2 Å². The second-order valence-electron chi connectivity index (χ2n) is 7.72. The van der Waals surface area contributed by atoms with Gasteiger partial charge in [-0.2, -0.15) is 4.31 Å². The molecular weight excluding hydrogens is 430 g/mol. The summed E-state index contributed by atoms with van der Waals surface area (Å²) in [5, 5.41) is 2.81. The smallest absolute Gasteiger partial charge is 0.243 e. The van der Waals surface area contributed by atoms with Gasteiger partial charge >= 0.3 is 0 Å². The Hall–Kier alpha value is -2.55. The quantitative estimate of drug-likeness (QED) is 0.590. The third-order valence-corrected chi connectivity index (χ3v) is 8.45. The van der Waals surface area contributed by atoms with Crippen LogP contribution in [0, 0.1) is 13.8 Å². The number of aryl methyl sites for hydroxylation is 2. The minimum absolute atomic E-state index is 0.0202. The number of nitrogens with zero attached hydrogens (tertiary/aromatic N) is 3. The number of hydrogen-bond donors (Lipinski definition) is 0. The second-order valence-corrected chi connectivity index (χ2v) is 10.5. The number of carbonyl (C=O) groups excluding carboxylic acids is 1. The predicted molar refractivity (Wildman–Crippen MR) is 123 cm³/mol. The molecule has 8 heteroatoms. The van der Waals surface area contributed by atoms with Crippen molar-refractivity contribution in [3.05, 3.63) is 70.7 Å². The highest BCUT2D eigenvalue weighted by atomic mass is 32.2. The number of thiazole rings is 1. The van der Waals surface area contributed by atoms with Gasteiger partial charge in [0.25, 0.3) is 0 Å². The molecular formula is C23H25N3O3S2. The van der Waals surface area contributed by atoms with Crippen molar-refractivity contribution in [2.75, 3.05) is 26.2 Å². The van der Waals surface area contributed by atoms with Gasteiger partial charge in [-0.3, -0.25) is 4.79 Å². The van der Waals surface area contributed by atoms with Gasteiger partial charge in [0.2, 0.25) is 15.9 Å². The summed E-state index contributed by atoms with van der Waals surface area (Å²) in [7, 11) is -3.55. The minimum atomic E-state index is -3.55. The van der Waals surface area contributed by atoms with Crippen LogP contribution < -0.4 is 0 Å². The fraction of sp³-hybridized carbons (Fsp3) is 0.304. The first-order valence-electron chi connectivity index (χ1n) is 10.2. The average molecular weight is 456 g/mol. The molecule has 0 aliphatic carbocycles. The lowest BCUT2D eigenvalue weighted by atomic mass is 10.1. The van der Waals surface area contributed by atoms with Crippen LogP contribution in [0.5, 0.6) is 0 Å². The molecule has 1 saturated heterocycles. The number of benzene rings is 2. The van der Waals surface area contributed by atoms with Crippen LogP contribution in [0.25, 0.3) is 10.6 Å². The molecule has 0 unspecified atom stereocenters. The molecule has 0 spiro atoms. The molecule has 1 aliphatic rings. The van der Waals surface area contributed by atoms with E-state index in [1.807, 2.05) is 55.6 Å². The van der Waals surface area contributed by atoms with Crippen molar-refractivity contribution in [1.82, 2.24) is 14.2 Å². The van der Waals surface area contributed by atoms with E-state index in [-0.39, 0.29) is 12.3 Å². The molecule has 2 heterocycles. The Labute approximate surface area is 187 Å². The number of amides is 1. The molecule has 3 aromatic rings. The number of aromatic nitrogens is 1. The molecule has 0 atom stereocenters. The first-order chi connectivity index (χ1) is 14.8. The van der Waals surface area contributed by atoms with E-state index < -0.39 is 10.0 Å². The van der Waals surface area contributed by atoms with Crippen molar-refractivity contribution in [2.45, 2.75) is 25.2 Å². The first kappa shape index (κ1) is 21.7. The lowest BCUT2D eigenvalue weighted by Crippen LogP contribution is -2.50. The van der Waals surface area contributed by atoms with E-state index in [0.717, 1.165) is 27.4 Å². The van der Waals surface area contributed by atoms with E-state index in [4.69, 9.17) is 0 Å². The van der Waals surface area contributed by atoms with Gasteiger partial charge < -0.3 is 4.90 Å². The second kappa shape index (κ2) is 8.90. The van der Waals surface area contributed by atoms with Crippen molar-refractivity contribution in [3.8, 4) is 10.6 Å². The summed E-state index contributed by atoms with van der Waals surface area (Å²) in [6.45, 7) is 5.24. The van der Waals surface area contributed by atoms with E-state index in [0.29, 0.717) is 31.1 Å². The van der Waals surface area contributed by atoms with E-state index in [1.165, 1.54) is 15.6 Å². The van der Waals surface area contributed by atoms with Crippen molar-refractivity contribution < 1.29 is 13.2 Å². The Morgan fingerprint density at radius 1 is 1.00 bits per heavy atom. The zero-order valence-electron chi connectivity index (χ0n) is 17.6. The molecule has 4 rings (SSSR count). The Morgan fingerprint density at radius 3 is 2.39 bits per heavy atom. The van der Waals surface area contributed by atoms with Gasteiger partial charge in [-0.15, -0.1) is 11.3 Å². The van der Waals surface area contributed by atoms with Crippen LogP contribution in [0.15, 0.2) is 58.8 Å². The summed E-state index contributed by atoms with van der Waals surface area (Å²) in [6, 6.07) is 15.1. The standard InChI is InChI=1S/C23H25N3O3S2/c1-17-8-9-21(14-18(17)2)31(28,29)26-12-10-25(11-13-26)22(27)15-20-16-30-23(24-20)19-6-4-3-5-7-19/h3-9,14,16H,10-13,15H2,1-2H3. The Bertz CT molecular complexity index is 1180. The third kappa shape index (κ3) is 4.71. The molecule has 0 N–H and O–H groups in total. The summed E-state index contributed by atoms with van der Waals surface area (Å²) < 4.78 is 27.4. The number of rotatable bonds is 5. The summed E-state index contributed by atoms with van der Waals surface area (Å²) in [5.74, 6) is -0.0202. The maximum Gasteiger partial charge on any atom is 0.243 e. The van der Waals surface area contributed by atoms with Crippen molar-refractivity contribution in [2.24, 2.45) is 0 Å². The van der Waals surface area contributed by atoms with Gasteiger partial charge in [0, 0.05) is 37.1 Å². The molecule has 1 fully saturated rings. The van der Waals surface area contributed by atoms with Gasteiger partial charge in [-0.1, -0.05) is 36.4 Å². The molecule has 1 aromatic heterocycles. The fourth-order valence-electron chi connectivity index (χ4n) is 3.57. The van der Waals surface area contributed by atoms with Gasteiger partial charge in [0.05, 0.1) is 17.0 Å². The number of piperazine rings is 1. The maximum absolute atomic E-state index is 13.0. The third-order valence-electron chi connectivity index (χ3n) is 5.61. The molecule has 0 radical (unpaired) electrons. The lowest BCUT2D eigenvalue weighted by molar-refractivity contribution is -0.131. The van der Waals surface area contributed by atoms with Gasteiger partial charge in [0.1, 0.15) is 5.01 Å². The normalized spacial score (nSPS) is 15.2. The van der Waals surface area contributed by atoms with Crippen LogP contribution in [0.3, 0.4) is 0 Å². The highest BCUT2D eigenvalue weighted by Crippen LogP contribution is 2.24. The molecule has 162 valence electrons. The minimum Gasteiger partial charge on any atom is -0.340 e. The molecule has 1 aliphatic heterocycles. The molecule has 31 heavy (non-hydrogen) atoms. The van der Waals surface area contributed by atoms with Crippen LogP contribution >= 0.6 is 11.3 Å². The van der Waals surface area contributed by atoms with E-state index >= 15 is 0 Å². The summed E-state index contributed by atoms with van der Waals surface area (Å²) >= 11 is 1.53. The van der Waals surface area contributed by atoms with Crippen molar-refractivity contribution >= 4 is 27.3 Å². The van der Waals surface area contributed by atoms with Crippen molar-refractivity contribution in [3.63, 3.8) is 0 Å². The Balaban J connectivity index is 1.37. The highest BCUT2D eigenvalue weighted by Gasteiger charge is 2.30. The summed E-state index contributed by atoms with van der Waals surface area (Å²) in [6.07, 6.45) is 0.229. The van der Waals surface area contributed by atoms with Gasteiger partial charge in [0.15, 0.2) is 0 Å². The number of sulfonamides is 1. The fourth-order valence-corrected chi connectivity index (χ4v) is 5.90. The Morgan fingerprint density at radius 2 is 1.71 bits per heavy atom. The number of carbonyl (C=O) groups is 1. The van der Waals surface area contributed by atoms with Crippen LogP contribution in [-0.2, 0) is 21.2 Å². The first-order valence-corrected chi connectivity index (χ1v) is 12.5. The number of hydrogen-bond acceptors (Lipinski definition) is 5. The van der Waals surface area contributed by atoms with Gasteiger partial charge in [-0.05, 0) is 37.1 Å². The predicted octanol–water partition coefficient (Wildman–Crippen LogP) is 3.50. The van der Waals surface area contributed by atoms with Crippen LogP contribution in [0.2, 0.25) is 0 Å². The topological polar surface area (TPSA) is 70.6 Å². The van der Waals surface area contributed by atoms with Crippen LogP contribution in [0.4, 0.5) is 0 Å². The average Bonchev–Trinajstić information content (AvgIpc) is 3.24. The van der Waals surface area contributed by atoms with Gasteiger partial charge in [-0.25, -0.2) is 13.4 Å². The lowest BCUT2D eigenvalue weighted by Gasteiger charge is -2.34. The van der Waals surface area contributed by atoms with E-state index in [1.54, 1.807) is 17.0 Å². The van der Waals surface area contributed by atoms with Crippen LogP contribution in [-0.4, -0.2) is 54.7 Å². The van der Waals surface area contributed by atoms with E-state index in [2.05, 4.69) is 4.98 Å². The largest absolute Gasteiger partial charge is 0.340 e. The summed E-state index contributed by atoms with van der Waals surface area (Å²) in [5.41, 5.74) is 3.80. The molecule has 0 saturated carbocycles.